The first-order valence-corrected chi connectivity index (χ1v) is 8.47. The quantitative estimate of drug-likeness (QED) is 0.479. The molecule has 2 rings (SSSR count). The van der Waals surface area contributed by atoms with E-state index < -0.39 is 28.9 Å². The Kier molecular flexibility index (Phi) is 6.34. The Hall–Kier alpha value is -3.18. The number of hydrogen-bond acceptors (Lipinski definition) is 6. The second kappa shape index (κ2) is 8.16. The maximum absolute atomic E-state index is 16.3. The summed E-state index contributed by atoms with van der Waals surface area (Å²) < 4.78 is 106. The lowest BCUT2D eigenvalue weighted by Crippen LogP contribution is -2.53. The number of alkyl halides is 6. The molecule has 172 valence electrons. The van der Waals surface area contributed by atoms with Crippen LogP contribution in [0, 0.1) is 0 Å². The van der Waals surface area contributed by atoms with Crippen molar-refractivity contribution in [2.75, 3.05) is 39.9 Å². The molecule has 12 heteroatoms. The summed E-state index contributed by atoms with van der Waals surface area (Å²) in [7, 11) is 4.30. The van der Waals surface area contributed by atoms with Crippen molar-refractivity contribution in [3.05, 3.63) is 35.4 Å². The molecule has 4 N–H and O–H groups in total. The summed E-state index contributed by atoms with van der Waals surface area (Å²) in [6, 6.07) is 2.53. The second-order valence-corrected chi connectivity index (χ2v) is 6.32. The summed E-state index contributed by atoms with van der Waals surface area (Å²) in [4.78, 5) is 0. The van der Waals surface area contributed by atoms with Gasteiger partial charge in [-0.3, -0.25) is 0 Å². The number of methoxy groups -OCH3 is 4. The fraction of sp³-hybridized carbons (Fsp3) is 0.368. The van der Waals surface area contributed by atoms with E-state index in [1.54, 1.807) is 0 Å². The van der Waals surface area contributed by atoms with Crippen LogP contribution in [0.3, 0.4) is 0 Å². The number of anilines is 2. The molecule has 0 unspecified atom stereocenters. The van der Waals surface area contributed by atoms with Crippen LogP contribution in [0.5, 0.6) is 23.0 Å². The molecule has 0 aromatic heterocycles. The van der Waals surface area contributed by atoms with E-state index in [0.29, 0.717) is 24.3 Å². The number of nitrogens with two attached hydrogens (primary N) is 2. The highest BCUT2D eigenvalue weighted by Crippen LogP contribution is 2.57. The second-order valence-electron chi connectivity index (χ2n) is 6.32. The molecular weight excluding hydrogens is 434 g/mol. The molecule has 0 heterocycles. The Morgan fingerprint density at radius 3 is 1.03 bits per heavy atom. The molecule has 0 bridgehead atoms. The number of halogens is 6. The first-order chi connectivity index (χ1) is 14.3. The van der Waals surface area contributed by atoms with Gasteiger partial charge in [-0.25, -0.2) is 4.39 Å². The third kappa shape index (κ3) is 3.70. The summed E-state index contributed by atoms with van der Waals surface area (Å²) >= 11 is 0. The lowest BCUT2D eigenvalue weighted by atomic mass is 9.81. The third-order valence-electron chi connectivity index (χ3n) is 4.67. The lowest BCUT2D eigenvalue weighted by molar-refractivity contribution is -0.323. The van der Waals surface area contributed by atoms with E-state index in [0.717, 1.165) is 28.4 Å². The van der Waals surface area contributed by atoms with Gasteiger partial charge in [-0.1, -0.05) is 0 Å². The van der Waals surface area contributed by atoms with Crippen molar-refractivity contribution in [2.45, 2.75) is 17.8 Å². The van der Waals surface area contributed by atoms with Gasteiger partial charge in [-0.15, -0.1) is 0 Å². The van der Waals surface area contributed by atoms with Gasteiger partial charge < -0.3 is 30.4 Å². The van der Waals surface area contributed by atoms with Crippen molar-refractivity contribution in [1.29, 1.82) is 0 Å². The normalized spacial score (nSPS) is 12.5. The zero-order chi connectivity index (χ0) is 23.8. The Bertz CT molecular complexity index is 853. The predicted molar refractivity (Wildman–Crippen MR) is 101 cm³/mol. The molecule has 0 atom stereocenters. The molecule has 0 aliphatic carbocycles. The highest BCUT2D eigenvalue weighted by Gasteiger charge is 2.73. The van der Waals surface area contributed by atoms with E-state index in [1.165, 1.54) is 0 Å². The van der Waals surface area contributed by atoms with Crippen LogP contribution in [0.4, 0.5) is 37.7 Å². The van der Waals surface area contributed by atoms with Crippen LogP contribution in [0.2, 0.25) is 0 Å². The summed E-state index contributed by atoms with van der Waals surface area (Å²) in [5.74, 6) is -7.40. The zero-order valence-corrected chi connectivity index (χ0v) is 16.9. The van der Waals surface area contributed by atoms with Crippen molar-refractivity contribution >= 4 is 11.4 Å². The molecule has 0 aliphatic rings. The first-order valence-electron chi connectivity index (χ1n) is 8.47. The van der Waals surface area contributed by atoms with Crippen LogP contribution in [-0.2, 0) is 5.67 Å². The van der Waals surface area contributed by atoms with Gasteiger partial charge in [-0.05, 0) is 24.3 Å². The molecule has 2 aromatic carbocycles. The van der Waals surface area contributed by atoms with Crippen molar-refractivity contribution in [3.8, 4) is 23.0 Å². The van der Waals surface area contributed by atoms with Crippen LogP contribution in [0.15, 0.2) is 24.3 Å². The Morgan fingerprint density at radius 1 is 0.581 bits per heavy atom. The van der Waals surface area contributed by atoms with Gasteiger partial charge >= 0.3 is 12.1 Å². The Balaban J connectivity index is 3.02. The van der Waals surface area contributed by atoms with Crippen LogP contribution >= 0.6 is 0 Å². The molecule has 0 spiro atoms. The Morgan fingerprint density at radius 2 is 0.839 bits per heavy atom. The van der Waals surface area contributed by atoms with Crippen molar-refractivity contribution in [1.82, 2.24) is 0 Å². The SMILES string of the molecule is COc1cc(C(F)(c2cc(OC)c(N)c(OC)c2)C(F)(F)C(F)(F)F)cc(OC)c1N. The monoisotopic (exact) mass is 454 g/mol. The van der Waals surface area contributed by atoms with Crippen molar-refractivity contribution < 1.29 is 45.3 Å². The third-order valence-corrected chi connectivity index (χ3v) is 4.67. The minimum absolute atomic E-state index is 0.223. The largest absolute Gasteiger partial charge is 0.494 e. The van der Waals surface area contributed by atoms with Gasteiger partial charge in [0.15, 0.2) is 0 Å². The molecule has 0 radical (unpaired) electrons. The summed E-state index contributed by atoms with van der Waals surface area (Å²) in [6.07, 6.45) is -6.29. The topological polar surface area (TPSA) is 89.0 Å². The van der Waals surface area contributed by atoms with Crippen molar-refractivity contribution in [3.63, 3.8) is 0 Å². The van der Waals surface area contributed by atoms with Crippen LogP contribution < -0.4 is 30.4 Å². The average molecular weight is 454 g/mol. The molecule has 6 nitrogen and oxygen atoms in total. The van der Waals surface area contributed by atoms with Gasteiger partial charge in [-0.2, -0.15) is 22.0 Å². The number of hydrogen-bond donors (Lipinski definition) is 2. The molecule has 31 heavy (non-hydrogen) atoms. The number of ether oxygens (including phenoxy) is 4. The summed E-state index contributed by atoms with van der Waals surface area (Å²) in [5.41, 5.74) is 4.25. The predicted octanol–water partition coefficient (Wildman–Crippen LogP) is 4.30. The summed E-state index contributed by atoms with van der Waals surface area (Å²) in [6.45, 7) is 0. The Labute approximate surface area is 173 Å². The van der Waals surface area contributed by atoms with Crippen molar-refractivity contribution in [2.24, 2.45) is 0 Å². The lowest BCUT2D eigenvalue weighted by Gasteiger charge is -2.36. The number of benzene rings is 2. The number of rotatable bonds is 7. The van der Waals surface area contributed by atoms with Gasteiger partial charge in [0, 0.05) is 11.1 Å². The van der Waals surface area contributed by atoms with E-state index in [9.17, 15) is 22.0 Å². The van der Waals surface area contributed by atoms with E-state index in [-0.39, 0.29) is 34.4 Å². The van der Waals surface area contributed by atoms with E-state index in [2.05, 4.69) is 0 Å². The van der Waals surface area contributed by atoms with Gasteiger partial charge in [0.2, 0.25) is 5.67 Å². The molecule has 0 saturated carbocycles. The number of nitrogen functional groups attached to an aromatic ring is 2. The molecular formula is C19H20F6N2O4. The minimum atomic E-state index is -6.29. The molecule has 0 saturated heterocycles. The highest BCUT2D eigenvalue weighted by atomic mass is 19.4. The van der Waals surface area contributed by atoms with E-state index >= 15 is 4.39 Å². The highest BCUT2D eigenvalue weighted by molar-refractivity contribution is 5.68. The van der Waals surface area contributed by atoms with E-state index in [1.807, 2.05) is 0 Å². The minimum Gasteiger partial charge on any atom is -0.494 e. The van der Waals surface area contributed by atoms with Crippen LogP contribution in [0.25, 0.3) is 0 Å². The molecule has 2 aromatic rings. The fourth-order valence-electron chi connectivity index (χ4n) is 3.00. The molecule has 0 amide bonds. The molecule has 0 fully saturated rings. The fourth-order valence-corrected chi connectivity index (χ4v) is 3.00. The van der Waals surface area contributed by atoms with Crippen LogP contribution in [-0.4, -0.2) is 40.5 Å². The standard InChI is InChI=1S/C19H20F6N2O4/c1-28-11-5-9(6-12(29-2)15(11)26)17(20,18(21,22)19(23,24)25)10-7-13(30-3)16(27)14(8-10)31-4/h5-8H,26-27H2,1-4H3. The maximum atomic E-state index is 16.3. The smallest absolute Gasteiger partial charge is 0.457 e. The van der Waals surface area contributed by atoms with Crippen LogP contribution in [0.1, 0.15) is 11.1 Å². The van der Waals surface area contributed by atoms with Gasteiger partial charge in [0.1, 0.15) is 34.4 Å². The zero-order valence-electron chi connectivity index (χ0n) is 16.9. The maximum Gasteiger partial charge on any atom is 0.457 e. The van der Waals surface area contributed by atoms with Gasteiger partial charge in [0.25, 0.3) is 0 Å². The summed E-state index contributed by atoms with van der Waals surface area (Å²) in [5, 5.41) is 0. The average Bonchev–Trinajstić information content (AvgIpc) is 2.72. The first kappa shape index (κ1) is 24.1. The van der Waals surface area contributed by atoms with Gasteiger partial charge in [0.05, 0.1) is 28.4 Å². The molecule has 0 aliphatic heterocycles. The van der Waals surface area contributed by atoms with E-state index in [4.69, 9.17) is 30.4 Å².